The molecule has 2 aromatic heterocycles. The molecule has 0 bridgehead atoms. The number of hydrogen-bond donors (Lipinski definition) is 3. The van der Waals surface area contributed by atoms with Crippen molar-refractivity contribution >= 4 is 34.5 Å². The van der Waals surface area contributed by atoms with Crippen LogP contribution in [0, 0.1) is 0 Å². The molecule has 2 aromatic carbocycles. The normalized spacial score (nSPS) is 12.2. The molecule has 0 aliphatic carbocycles. The molecule has 4 aromatic rings. The van der Waals surface area contributed by atoms with E-state index >= 15 is 0 Å². The molecule has 1 aliphatic heterocycles. The van der Waals surface area contributed by atoms with Crippen LogP contribution < -0.4 is 25.8 Å². The molecule has 5 rings (SSSR count). The third kappa shape index (κ3) is 3.85. The Bertz CT molecular complexity index is 1430. The van der Waals surface area contributed by atoms with Gasteiger partial charge in [-0.25, -0.2) is 14.3 Å². The van der Waals surface area contributed by atoms with Crippen molar-refractivity contribution in [2.75, 3.05) is 23.2 Å². The number of hydrogen-bond acceptors (Lipinski definition) is 7. The molecule has 0 radical (unpaired) electrons. The van der Waals surface area contributed by atoms with Crippen LogP contribution in [0.4, 0.5) is 22.0 Å². The number of nitrogens with zero attached hydrogens (tertiary/aromatic N) is 3. The zero-order valence-corrected chi connectivity index (χ0v) is 18.5. The van der Waals surface area contributed by atoms with Crippen LogP contribution in [0.25, 0.3) is 5.52 Å². The Hall–Kier alpha value is -4.60. The molecule has 172 valence electrons. The van der Waals surface area contributed by atoms with Crippen molar-refractivity contribution in [2.24, 2.45) is 0 Å². The Labute approximate surface area is 194 Å². The Morgan fingerprint density at radius 1 is 1.03 bits per heavy atom. The largest absolute Gasteiger partial charge is 0.454 e. The second kappa shape index (κ2) is 8.39. The number of carbonyl (C=O) groups is 2. The average molecular weight is 458 g/mol. The number of amides is 2. The first-order chi connectivity index (χ1) is 16.4. The van der Waals surface area contributed by atoms with E-state index < -0.39 is 6.03 Å². The van der Waals surface area contributed by atoms with Crippen LogP contribution in [-0.4, -0.2) is 33.2 Å². The molecule has 0 saturated carbocycles. The van der Waals surface area contributed by atoms with Crippen molar-refractivity contribution in [1.29, 1.82) is 0 Å². The molecular weight excluding hydrogens is 436 g/mol. The van der Waals surface area contributed by atoms with E-state index in [1.807, 2.05) is 13.8 Å². The van der Waals surface area contributed by atoms with Gasteiger partial charge in [-0.15, -0.1) is 0 Å². The Balaban J connectivity index is 1.38. The standard InChI is InChI=1S/C24H22N6O4/c1-13(2)18-10-17(21-23(25)26-11-27-30(18)21)22(31)14-4-3-5-15(8-14)28-24(32)29-16-6-7-19-20(9-16)34-12-33-19/h3-11,13H,12H2,1-2H3,(H2,25,26,27)(H2,28,29,32). The molecule has 34 heavy (non-hydrogen) atoms. The van der Waals surface area contributed by atoms with E-state index in [0.717, 1.165) is 5.69 Å². The summed E-state index contributed by atoms with van der Waals surface area (Å²) >= 11 is 0. The highest BCUT2D eigenvalue weighted by Crippen LogP contribution is 2.34. The predicted octanol–water partition coefficient (Wildman–Crippen LogP) is 4.04. The minimum atomic E-state index is -0.461. The number of benzene rings is 2. The molecule has 2 amide bonds. The Morgan fingerprint density at radius 2 is 1.79 bits per heavy atom. The summed E-state index contributed by atoms with van der Waals surface area (Å²) in [6.45, 7) is 4.18. The van der Waals surface area contributed by atoms with Crippen LogP contribution in [0.2, 0.25) is 0 Å². The zero-order chi connectivity index (χ0) is 23.8. The molecule has 0 saturated heterocycles. The van der Waals surface area contributed by atoms with E-state index in [1.165, 1.54) is 6.33 Å². The van der Waals surface area contributed by atoms with Crippen LogP contribution in [0.1, 0.15) is 41.4 Å². The lowest BCUT2D eigenvalue weighted by Gasteiger charge is -2.09. The van der Waals surface area contributed by atoms with Gasteiger partial charge in [0.1, 0.15) is 11.8 Å². The van der Waals surface area contributed by atoms with E-state index in [-0.39, 0.29) is 24.3 Å². The summed E-state index contributed by atoms with van der Waals surface area (Å²) in [6.07, 6.45) is 1.37. The van der Waals surface area contributed by atoms with Crippen molar-refractivity contribution in [3.8, 4) is 11.5 Å². The number of nitrogen functional groups attached to an aromatic ring is 1. The van der Waals surface area contributed by atoms with Gasteiger partial charge >= 0.3 is 6.03 Å². The monoisotopic (exact) mass is 458 g/mol. The van der Waals surface area contributed by atoms with Crippen molar-refractivity contribution in [3.63, 3.8) is 0 Å². The van der Waals surface area contributed by atoms with E-state index in [1.54, 1.807) is 53.0 Å². The number of urea groups is 1. The highest BCUT2D eigenvalue weighted by atomic mass is 16.7. The summed E-state index contributed by atoms with van der Waals surface area (Å²) in [5, 5.41) is 9.76. The molecule has 0 fully saturated rings. The second-order valence-electron chi connectivity index (χ2n) is 8.10. The summed E-state index contributed by atoms with van der Waals surface area (Å²) in [6, 6.07) is 13.1. The highest BCUT2D eigenvalue weighted by Gasteiger charge is 2.22. The van der Waals surface area contributed by atoms with Gasteiger partial charge in [-0.05, 0) is 36.2 Å². The van der Waals surface area contributed by atoms with Gasteiger partial charge in [0.25, 0.3) is 0 Å². The SMILES string of the molecule is CC(C)c1cc(C(=O)c2cccc(NC(=O)Nc3ccc4c(c3)OCO4)c2)c2c(N)ncnn12. The first-order valence-corrected chi connectivity index (χ1v) is 10.6. The fourth-order valence-electron chi connectivity index (χ4n) is 3.84. The number of carbonyl (C=O) groups excluding carboxylic acids is 2. The third-order valence-electron chi connectivity index (χ3n) is 5.46. The van der Waals surface area contributed by atoms with Crippen molar-refractivity contribution in [1.82, 2.24) is 14.6 Å². The maximum absolute atomic E-state index is 13.4. The van der Waals surface area contributed by atoms with Gasteiger partial charge in [-0.3, -0.25) is 4.79 Å². The van der Waals surface area contributed by atoms with Crippen LogP contribution in [0.15, 0.2) is 54.9 Å². The van der Waals surface area contributed by atoms with E-state index in [0.29, 0.717) is 39.5 Å². The number of ether oxygens (including phenoxy) is 2. The molecule has 10 heteroatoms. The van der Waals surface area contributed by atoms with Crippen LogP contribution in [0.3, 0.4) is 0 Å². The van der Waals surface area contributed by atoms with Gasteiger partial charge in [0.2, 0.25) is 6.79 Å². The number of nitrogens with one attached hydrogen (secondary N) is 2. The van der Waals surface area contributed by atoms with Crippen LogP contribution >= 0.6 is 0 Å². The van der Waals surface area contributed by atoms with Gasteiger partial charge in [0.15, 0.2) is 23.1 Å². The molecule has 3 heterocycles. The number of anilines is 3. The maximum Gasteiger partial charge on any atom is 0.323 e. The molecule has 0 unspecified atom stereocenters. The Morgan fingerprint density at radius 3 is 2.59 bits per heavy atom. The minimum absolute atomic E-state index is 0.122. The van der Waals surface area contributed by atoms with E-state index in [2.05, 4.69) is 20.7 Å². The summed E-state index contributed by atoms with van der Waals surface area (Å²) in [5.41, 5.74) is 9.21. The topological polar surface area (TPSA) is 133 Å². The molecular formula is C24H22N6O4. The Kier molecular flexibility index (Phi) is 5.25. The van der Waals surface area contributed by atoms with Gasteiger partial charge in [-0.2, -0.15) is 5.10 Å². The quantitative estimate of drug-likeness (QED) is 0.384. The summed E-state index contributed by atoms with van der Waals surface area (Å²) in [5.74, 6) is 1.29. The smallest absolute Gasteiger partial charge is 0.323 e. The van der Waals surface area contributed by atoms with Gasteiger partial charge in [-0.1, -0.05) is 26.0 Å². The lowest BCUT2D eigenvalue weighted by molar-refractivity contribution is 0.104. The molecule has 1 aliphatic rings. The lowest BCUT2D eigenvalue weighted by atomic mass is 10.0. The van der Waals surface area contributed by atoms with Crippen molar-refractivity contribution < 1.29 is 19.1 Å². The first kappa shape index (κ1) is 21.3. The fourth-order valence-corrected chi connectivity index (χ4v) is 3.84. The second-order valence-corrected chi connectivity index (χ2v) is 8.10. The molecule has 4 N–H and O–H groups in total. The number of nitrogens with two attached hydrogens (primary N) is 1. The summed E-state index contributed by atoms with van der Waals surface area (Å²) in [4.78, 5) is 30.0. The molecule has 10 nitrogen and oxygen atoms in total. The number of aromatic nitrogens is 3. The van der Waals surface area contributed by atoms with Crippen molar-refractivity contribution in [3.05, 3.63) is 71.7 Å². The summed E-state index contributed by atoms with van der Waals surface area (Å²) < 4.78 is 12.3. The lowest BCUT2D eigenvalue weighted by Crippen LogP contribution is -2.19. The number of fused-ring (bicyclic) bond motifs is 2. The fraction of sp³-hybridized carbons (Fsp3) is 0.167. The van der Waals surface area contributed by atoms with Gasteiger partial charge < -0.3 is 25.8 Å². The zero-order valence-electron chi connectivity index (χ0n) is 18.5. The predicted molar refractivity (Wildman–Crippen MR) is 127 cm³/mol. The van der Waals surface area contributed by atoms with Gasteiger partial charge in [0.05, 0.1) is 5.56 Å². The highest BCUT2D eigenvalue weighted by molar-refractivity contribution is 6.15. The van der Waals surface area contributed by atoms with E-state index in [9.17, 15) is 9.59 Å². The number of ketones is 1. The van der Waals surface area contributed by atoms with Crippen LogP contribution in [0.5, 0.6) is 11.5 Å². The average Bonchev–Trinajstić information content (AvgIpc) is 3.44. The van der Waals surface area contributed by atoms with Crippen LogP contribution in [-0.2, 0) is 0 Å². The molecule has 0 spiro atoms. The van der Waals surface area contributed by atoms with Gasteiger partial charge in [0, 0.05) is 28.7 Å². The summed E-state index contributed by atoms with van der Waals surface area (Å²) in [7, 11) is 0. The molecule has 0 atom stereocenters. The number of rotatable bonds is 5. The van der Waals surface area contributed by atoms with Crippen molar-refractivity contribution in [2.45, 2.75) is 19.8 Å². The van der Waals surface area contributed by atoms with E-state index in [4.69, 9.17) is 15.2 Å². The maximum atomic E-state index is 13.4. The first-order valence-electron chi connectivity index (χ1n) is 10.6. The minimum Gasteiger partial charge on any atom is -0.454 e. The third-order valence-corrected chi connectivity index (χ3v) is 5.46.